The average molecular weight is 186 g/mol. The molecule has 0 aliphatic heterocycles. The summed E-state index contributed by atoms with van der Waals surface area (Å²) in [4.78, 5) is 3.79. The lowest BCUT2D eigenvalue weighted by Crippen LogP contribution is -1.75. The van der Waals surface area contributed by atoms with Gasteiger partial charge in [-0.1, -0.05) is 12.0 Å². The van der Waals surface area contributed by atoms with E-state index in [-0.39, 0.29) is 0 Å². The lowest BCUT2D eigenvalue weighted by atomic mass is 10.5. The second-order valence-corrected chi connectivity index (χ2v) is 2.03. The molecule has 0 rings (SSSR count). The number of allylic oxidation sites excluding steroid dienone is 2. The van der Waals surface area contributed by atoms with Crippen molar-refractivity contribution in [2.75, 3.05) is 7.05 Å². The van der Waals surface area contributed by atoms with Crippen molar-refractivity contribution < 1.29 is 0 Å². The largest absolute Gasteiger partial charge is 0.273 e. The number of hydrogen-bond donors (Lipinski definition) is 0. The third kappa shape index (κ3) is 5.32. The van der Waals surface area contributed by atoms with Crippen molar-refractivity contribution in [3.8, 4) is 11.8 Å². The maximum atomic E-state index is 3.79. The van der Waals surface area contributed by atoms with Crippen LogP contribution >= 0.6 is 15.9 Å². The van der Waals surface area contributed by atoms with Gasteiger partial charge in [0.05, 0.1) is 0 Å². The number of rotatable bonds is 0. The van der Waals surface area contributed by atoms with Gasteiger partial charge in [-0.2, -0.15) is 0 Å². The Labute approximate surface area is 64.0 Å². The van der Waals surface area contributed by atoms with E-state index in [1.165, 1.54) is 0 Å². The molecule has 0 aliphatic carbocycles. The van der Waals surface area contributed by atoms with Gasteiger partial charge in [-0.25, -0.2) is 0 Å². The summed E-state index contributed by atoms with van der Waals surface area (Å²) in [6, 6.07) is 0. The Morgan fingerprint density at radius 3 is 2.78 bits per heavy atom. The van der Waals surface area contributed by atoms with Gasteiger partial charge in [0.15, 0.2) is 4.62 Å². The molecule has 0 saturated heterocycles. The summed E-state index contributed by atoms with van der Waals surface area (Å²) in [7, 11) is 1.69. The number of hydrogen-bond acceptors (Lipinski definition) is 1. The van der Waals surface area contributed by atoms with Gasteiger partial charge in [0.1, 0.15) is 0 Å². The first kappa shape index (κ1) is 8.45. The third-order valence-electron chi connectivity index (χ3n) is 0.622. The first-order valence-electron chi connectivity index (χ1n) is 2.56. The van der Waals surface area contributed by atoms with E-state index in [4.69, 9.17) is 0 Å². The van der Waals surface area contributed by atoms with E-state index in [0.29, 0.717) is 4.62 Å². The smallest absolute Gasteiger partial charge is 0.151 e. The SMILES string of the molecule is C/C=C\C#CC(Br)=NC. The molecule has 0 fully saturated rings. The molecule has 0 atom stereocenters. The molecule has 0 aromatic carbocycles. The van der Waals surface area contributed by atoms with Crippen LogP contribution in [-0.2, 0) is 0 Å². The Morgan fingerprint density at radius 1 is 1.67 bits per heavy atom. The number of halogens is 1. The molecule has 48 valence electrons. The van der Waals surface area contributed by atoms with Gasteiger partial charge in [0.2, 0.25) is 0 Å². The van der Waals surface area contributed by atoms with Crippen molar-refractivity contribution in [1.82, 2.24) is 0 Å². The van der Waals surface area contributed by atoms with E-state index < -0.39 is 0 Å². The van der Waals surface area contributed by atoms with Crippen LogP contribution < -0.4 is 0 Å². The van der Waals surface area contributed by atoms with Gasteiger partial charge < -0.3 is 0 Å². The predicted octanol–water partition coefficient (Wildman–Crippen LogP) is 1.99. The van der Waals surface area contributed by atoms with E-state index >= 15 is 0 Å². The van der Waals surface area contributed by atoms with Gasteiger partial charge in [0, 0.05) is 7.05 Å². The van der Waals surface area contributed by atoms with Gasteiger partial charge in [-0.3, -0.25) is 4.99 Å². The van der Waals surface area contributed by atoms with Crippen LogP contribution in [0.2, 0.25) is 0 Å². The minimum Gasteiger partial charge on any atom is -0.273 e. The summed E-state index contributed by atoms with van der Waals surface area (Å²) in [5.41, 5.74) is 0. The van der Waals surface area contributed by atoms with Crippen molar-refractivity contribution in [2.45, 2.75) is 6.92 Å². The van der Waals surface area contributed by atoms with E-state index in [1.807, 2.05) is 13.0 Å². The molecule has 0 amide bonds. The van der Waals surface area contributed by atoms with E-state index in [9.17, 15) is 0 Å². The van der Waals surface area contributed by atoms with Crippen LogP contribution in [0, 0.1) is 11.8 Å². The summed E-state index contributed by atoms with van der Waals surface area (Å²) < 4.78 is 0.681. The van der Waals surface area contributed by atoms with Crippen molar-refractivity contribution in [2.24, 2.45) is 4.99 Å². The Kier molecular flexibility index (Phi) is 5.24. The zero-order chi connectivity index (χ0) is 7.11. The number of aliphatic imine (C=N–C) groups is 1. The Bertz CT molecular complexity index is 181. The molecule has 0 unspecified atom stereocenters. The van der Waals surface area contributed by atoms with Crippen molar-refractivity contribution in [1.29, 1.82) is 0 Å². The lowest BCUT2D eigenvalue weighted by molar-refractivity contribution is 1.48. The Morgan fingerprint density at radius 2 is 2.33 bits per heavy atom. The molecular formula is C7H8BrN. The van der Waals surface area contributed by atoms with Crippen LogP contribution in [-0.4, -0.2) is 11.7 Å². The highest BCUT2D eigenvalue weighted by molar-refractivity contribution is 9.18. The fourth-order valence-corrected chi connectivity index (χ4v) is 0.355. The molecule has 0 bridgehead atoms. The first-order valence-corrected chi connectivity index (χ1v) is 3.35. The molecule has 2 heteroatoms. The fourth-order valence-electron chi connectivity index (χ4n) is 0.240. The van der Waals surface area contributed by atoms with Crippen LogP contribution in [0.3, 0.4) is 0 Å². The summed E-state index contributed by atoms with van der Waals surface area (Å²) in [6.07, 6.45) is 3.65. The van der Waals surface area contributed by atoms with Crippen LogP contribution in [0.25, 0.3) is 0 Å². The second-order valence-electron chi connectivity index (χ2n) is 1.28. The quantitative estimate of drug-likeness (QED) is 0.405. The van der Waals surface area contributed by atoms with Gasteiger partial charge >= 0.3 is 0 Å². The van der Waals surface area contributed by atoms with Gasteiger partial charge in [0.25, 0.3) is 0 Å². The Balaban J connectivity index is 3.88. The topological polar surface area (TPSA) is 12.4 Å². The number of nitrogens with zero attached hydrogens (tertiary/aromatic N) is 1. The monoisotopic (exact) mass is 185 g/mol. The highest BCUT2D eigenvalue weighted by Gasteiger charge is 1.75. The lowest BCUT2D eigenvalue weighted by Gasteiger charge is -1.74. The van der Waals surface area contributed by atoms with E-state index in [0.717, 1.165) is 0 Å². The summed E-state index contributed by atoms with van der Waals surface area (Å²) in [5.74, 6) is 5.54. The predicted molar refractivity (Wildman–Crippen MR) is 44.9 cm³/mol. The van der Waals surface area contributed by atoms with Crippen LogP contribution in [0.15, 0.2) is 17.1 Å². The first-order chi connectivity index (χ1) is 4.31. The Hall–Kier alpha value is -0.550. The molecule has 0 N–H and O–H groups in total. The minimum atomic E-state index is 0.681. The third-order valence-corrected chi connectivity index (χ3v) is 1.17. The molecule has 0 radical (unpaired) electrons. The van der Waals surface area contributed by atoms with Crippen LogP contribution in [0.1, 0.15) is 6.92 Å². The zero-order valence-corrected chi connectivity index (χ0v) is 7.07. The maximum Gasteiger partial charge on any atom is 0.151 e. The fraction of sp³-hybridized carbons (Fsp3) is 0.286. The molecular weight excluding hydrogens is 178 g/mol. The summed E-state index contributed by atoms with van der Waals surface area (Å²) >= 11 is 3.15. The van der Waals surface area contributed by atoms with Crippen molar-refractivity contribution >= 4 is 20.6 Å². The molecule has 1 nitrogen and oxygen atoms in total. The molecule has 0 spiro atoms. The molecule has 0 aromatic rings. The molecule has 0 heterocycles. The normalized spacial score (nSPS) is 11.2. The summed E-state index contributed by atoms with van der Waals surface area (Å²) in [5, 5.41) is 0. The van der Waals surface area contributed by atoms with Crippen LogP contribution in [0.4, 0.5) is 0 Å². The van der Waals surface area contributed by atoms with Gasteiger partial charge in [-0.05, 0) is 34.9 Å². The molecule has 0 aromatic heterocycles. The highest BCUT2D eigenvalue weighted by atomic mass is 79.9. The molecule has 9 heavy (non-hydrogen) atoms. The van der Waals surface area contributed by atoms with Crippen LogP contribution in [0.5, 0.6) is 0 Å². The van der Waals surface area contributed by atoms with E-state index in [1.54, 1.807) is 13.1 Å². The maximum absolute atomic E-state index is 3.79. The van der Waals surface area contributed by atoms with Gasteiger partial charge in [-0.15, -0.1) is 0 Å². The second kappa shape index (κ2) is 5.58. The van der Waals surface area contributed by atoms with E-state index in [2.05, 4.69) is 32.8 Å². The highest BCUT2D eigenvalue weighted by Crippen LogP contribution is 1.84. The molecule has 0 aliphatic rings. The summed E-state index contributed by atoms with van der Waals surface area (Å²) in [6.45, 7) is 1.92. The molecule has 0 saturated carbocycles. The standard InChI is InChI=1S/C7H8BrN/c1-3-4-5-6-7(8)9-2/h3-4H,1-2H3/b4-3-,9-7?. The average Bonchev–Trinajstić information content (AvgIpc) is 1.89. The van der Waals surface area contributed by atoms with Crippen molar-refractivity contribution in [3.05, 3.63) is 12.2 Å². The van der Waals surface area contributed by atoms with Crippen molar-refractivity contribution in [3.63, 3.8) is 0 Å². The zero-order valence-electron chi connectivity index (χ0n) is 5.48. The minimum absolute atomic E-state index is 0.681.